The molecule has 0 amide bonds. The van der Waals surface area contributed by atoms with Crippen molar-refractivity contribution in [1.82, 2.24) is 14.8 Å². The minimum absolute atomic E-state index is 0.228. The SMILES string of the molecule is CCCn1ncnc1CC(C)(O)CN. The Bertz CT molecular complexity index is 282. The van der Waals surface area contributed by atoms with Crippen LogP contribution in [0.5, 0.6) is 0 Å². The Morgan fingerprint density at radius 2 is 2.36 bits per heavy atom. The van der Waals surface area contributed by atoms with Gasteiger partial charge < -0.3 is 10.8 Å². The molecule has 0 aromatic carbocycles. The highest BCUT2D eigenvalue weighted by atomic mass is 16.3. The van der Waals surface area contributed by atoms with Crippen LogP contribution in [0.3, 0.4) is 0 Å². The summed E-state index contributed by atoms with van der Waals surface area (Å²) in [5.41, 5.74) is 4.55. The molecule has 0 saturated carbocycles. The van der Waals surface area contributed by atoms with Gasteiger partial charge in [0.1, 0.15) is 12.2 Å². The molecule has 0 spiro atoms. The third-order valence-electron chi connectivity index (χ3n) is 2.11. The predicted molar refractivity (Wildman–Crippen MR) is 53.7 cm³/mol. The zero-order valence-electron chi connectivity index (χ0n) is 8.77. The van der Waals surface area contributed by atoms with Crippen LogP contribution in [0.4, 0.5) is 0 Å². The van der Waals surface area contributed by atoms with Crippen LogP contribution >= 0.6 is 0 Å². The van der Waals surface area contributed by atoms with Gasteiger partial charge in [-0.2, -0.15) is 5.10 Å². The van der Waals surface area contributed by atoms with Crippen LogP contribution in [0.25, 0.3) is 0 Å². The van der Waals surface area contributed by atoms with Crippen molar-refractivity contribution in [2.24, 2.45) is 5.73 Å². The number of hydrogen-bond donors (Lipinski definition) is 2. The average Bonchev–Trinajstić information content (AvgIpc) is 2.53. The van der Waals surface area contributed by atoms with Gasteiger partial charge in [-0.05, 0) is 13.3 Å². The molecule has 80 valence electrons. The molecule has 1 aromatic rings. The topological polar surface area (TPSA) is 77.0 Å². The summed E-state index contributed by atoms with van der Waals surface area (Å²) in [6.07, 6.45) is 2.96. The van der Waals surface area contributed by atoms with Gasteiger partial charge in [0.05, 0.1) is 5.60 Å². The fourth-order valence-corrected chi connectivity index (χ4v) is 1.24. The van der Waals surface area contributed by atoms with Crippen LogP contribution in [-0.4, -0.2) is 32.0 Å². The van der Waals surface area contributed by atoms with E-state index in [0.29, 0.717) is 6.42 Å². The molecule has 5 heteroatoms. The molecule has 0 saturated heterocycles. The maximum absolute atomic E-state index is 9.78. The molecular weight excluding hydrogens is 180 g/mol. The van der Waals surface area contributed by atoms with Crippen LogP contribution in [0.15, 0.2) is 6.33 Å². The number of nitrogens with two attached hydrogens (primary N) is 1. The van der Waals surface area contributed by atoms with Crippen molar-refractivity contribution in [3.05, 3.63) is 12.2 Å². The Balaban J connectivity index is 2.70. The van der Waals surface area contributed by atoms with Crippen molar-refractivity contribution < 1.29 is 5.11 Å². The Morgan fingerprint density at radius 3 is 2.93 bits per heavy atom. The molecule has 1 unspecified atom stereocenters. The molecular formula is C9H18N4O. The van der Waals surface area contributed by atoms with Gasteiger partial charge in [-0.3, -0.25) is 4.68 Å². The third-order valence-corrected chi connectivity index (χ3v) is 2.11. The lowest BCUT2D eigenvalue weighted by Crippen LogP contribution is -2.37. The highest BCUT2D eigenvalue weighted by Crippen LogP contribution is 2.09. The summed E-state index contributed by atoms with van der Waals surface area (Å²) >= 11 is 0. The first-order valence-electron chi connectivity index (χ1n) is 4.88. The van der Waals surface area contributed by atoms with E-state index >= 15 is 0 Å². The predicted octanol–water partition coefficient (Wildman–Crippen LogP) is -0.0597. The number of nitrogens with zero attached hydrogens (tertiary/aromatic N) is 3. The Hall–Kier alpha value is -0.940. The van der Waals surface area contributed by atoms with Crippen molar-refractivity contribution in [1.29, 1.82) is 0 Å². The molecule has 0 aliphatic rings. The smallest absolute Gasteiger partial charge is 0.138 e. The van der Waals surface area contributed by atoms with Crippen molar-refractivity contribution >= 4 is 0 Å². The lowest BCUT2D eigenvalue weighted by Gasteiger charge is -2.20. The van der Waals surface area contributed by atoms with Crippen molar-refractivity contribution in [3.8, 4) is 0 Å². The number of aromatic nitrogens is 3. The van der Waals surface area contributed by atoms with Gasteiger partial charge in [0.2, 0.25) is 0 Å². The van der Waals surface area contributed by atoms with E-state index in [1.807, 2.05) is 4.68 Å². The van der Waals surface area contributed by atoms with Gasteiger partial charge >= 0.3 is 0 Å². The van der Waals surface area contributed by atoms with Gasteiger partial charge in [-0.15, -0.1) is 0 Å². The van der Waals surface area contributed by atoms with Crippen molar-refractivity contribution in [2.45, 2.75) is 38.8 Å². The molecule has 1 rings (SSSR count). The molecule has 1 heterocycles. The van der Waals surface area contributed by atoms with Gasteiger partial charge in [-0.25, -0.2) is 4.98 Å². The quantitative estimate of drug-likeness (QED) is 0.695. The zero-order valence-corrected chi connectivity index (χ0v) is 8.77. The van der Waals surface area contributed by atoms with E-state index in [9.17, 15) is 5.11 Å². The second-order valence-electron chi connectivity index (χ2n) is 3.78. The number of aryl methyl sites for hydroxylation is 1. The highest BCUT2D eigenvalue weighted by molar-refractivity contribution is 4.93. The van der Waals surface area contributed by atoms with E-state index in [1.54, 1.807) is 6.92 Å². The first-order valence-corrected chi connectivity index (χ1v) is 4.88. The molecule has 0 bridgehead atoms. The molecule has 1 atom stereocenters. The molecule has 0 aliphatic carbocycles. The van der Waals surface area contributed by atoms with Gasteiger partial charge in [0.15, 0.2) is 0 Å². The Kier molecular flexibility index (Phi) is 3.60. The van der Waals surface area contributed by atoms with Crippen molar-refractivity contribution in [3.63, 3.8) is 0 Å². The first-order chi connectivity index (χ1) is 6.59. The Labute approximate surface area is 83.9 Å². The summed E-state index contributed by atoms with van der Waals surface area (Å²) in [4.78, 5) is 4.10. The number of aliphatic hydroxyl groups is 1. The largest absolute Gasteiger partial charge is 0.388 e. The van der Waals surface area contributed by atoms with Gasteiger partial charge in [0.25, 0.3) is 0 Å². The summed E-state index contributed by atoms with van der Waals surface area (Å²) in [6, 6.07) is 0. The maximum atomic E-state index is 9.78. The lowest BCUT2D eigenvalue weighted by molar-refractivity contribution is 0.0663. The monoisotopic (exact) mass is 198 g/mol. The molecule has 14 heavy (non-hydrogen) atoms. The zero-order chi connectivity index (χ0) is 10.6. The van der Waals surface area contributed by atoms with E-state index in [2.05, 4.69) is 17.0 Å². The third kappa shape index (κ3) is 2.78. The molecule has 3 N–H and O–H groups in total. The molecule has 5 nitrogen and oxygen atoms in total. The fraction of sp³-hybridized carbons (Fsp3) is 0.778. The summed E-state index contributed by atoms with van der Waals surface area (Å²) in [5, 5.41) is 13.9. The average molecular weight is 198 g/mol. The molecule has 0 fully saturated rings. The number of rotatable bonds is 5. The second-order valence-corrected chi connectivity index (χ2v) is 3.78. The van der Waals surface area contributed by atoms with Gasteiger partial charge in [0, 0.05) is 19.5 Å². The van der Waals surface area contributed by atoms with E-state index in [0.717, 1.165) is 18.8 Å². The summed E-state index contributed by atoms with van der Waals surface area (Å²) in [7, 11) is 0. The van der Waals surface area contributed by atoms with Crippen LogP contribution in [0.1, 0.15) is 26.1 Å². The van der Waals surface area contributed by atoms with Crippen LogP contribution in [-0.2, 0) is 13.0 Å². The summed E-state index contributed by atoms with van der Waals surface area (Å²) in [5.74, 6) is 0.794. The highest BCUT2D eigenvalue weighted by Gasteiger charge is 2.21. The minimum Gasteiger partial charge on any atom is -0.388 e. The normalized spacial score (nSPS) is 15.4. The minimum atomic E-state index is -0.890. The van der Waals surface area contributed by atoms with E-state index in [-0.39, 0.29) is 6.54 Å². The maximum Gasteiger partial charge on any atom is 0.138 e. The summed E-state index contributed by atoms with van der Waals surface area (Å²) in [6.45, 7) is 4.84. The van der Waals surface area contributed by atoms with Gasteiger partial charge in [-0.1, -0.05) is 6.92 Å². The molecule has 0 aliphatic heterocycles. The van der Waals surface area contributed by atoms with Crippen LogP contribution < -0.4 is 5.73 Å². The first kappa shape index (κ1) is 11.1. The van der Waals surface area contributed by atoms with E-state index in [4.69, 9.17) is 5.73 Å². The Morgan fingerprint density at radius 1 is 1.64 bits per heavy atom. The van der Waals surface area contributed by atoms with E-state index < -0.39 is 5.60 Å². The molecule has 0 radical (unpaired) electrons. The standard InChI is InChI=1S/C9H18N4O/c1-3-4-13-8(11-7-12-13)5-9(2,14)6-10/h7,14H,3-6,10H2,1-2H3. The fourth-order valence-electron chi connectivity index (χ4n) is 1.24. The second kappa shape index (κ2) is 4.52. The van der Waals surface area contributed by atoms with Crippen molar-refractivity contribution in [2.75, 3.05) is 6.54 Å². The van der Waals surface area contributed by atoms with Crippen LogP contribution in [0, 0.1) is 0 Å². The molecule has 1 aromatic heterocycles. The summed E-state index contributed by atoms with van der Waals surface area (Å²) < 4.78 is 1.81. The lowest BCUT2D eigenvalue weighted by atomic mass is 10.0. The van der Waals surface area contributed by atoms with E-state index in [1.165, 1.54) is 6.33 Å². The van der Waals surface area contributed by atoms with Crippen LogP contribution in [0.2, 0.25) is 0 Å². The number of hydrogen-bond acceptors (Lipinski definition) is 4.